The van der Waals surface area contributed by atoms with Gasteiger partial charge in [-0.3, -0.25) is 9.59 Å². The summed E-state index contributed by atoms with van der Waals surface area (Å²) in [7, 11) is 1.61. The molecule has 13 nitrogen and oxygen atoms in total. The number of carbonyl (C=O) groups excluding carboxylic acids is 2. The van der Waals surface area contributed by atoms with E-state index in [-0.39, 0.29) is 51.5 Å². The van der Waals surface area contributed by atoms with Crippen LogP contribution in [-0.2, 0) is 82.3 Å². The molecule has 2 amide bonds. The van der Waals surface area contributed by atoms with Crippen molar-refractivity contribution in [2.45, 2.75) is 224 Å². The zero-order chi connectivity index (χ0) is 66.7. The fourth-order valence-electron chi connectivity index (χ4n) is 12.3. The van der Waals surface area contributed by atoms with Gasteiger partial charge in [-0.25, -0.2) is 0 Å². The summed E-state index contributed by atoms with van der Waals surface area (Å²) in [6.07, 6.45) is 16.1. The normalized spacial score (nSPS) is 17.1. The molecule has 0 unspecified atom stereocenters. The summed E-state index contributed by atoms with van der Waals surface area (Å²) in [5.74, 6) is 0.521. The molecule has 0 aromatic heterocycles. The summed E-state index contributed by atoms with van der Waals surface area (Å²) in [6, 6.07) is 67.4. The fraction of sp³-hybridized carbons (Fsp3) is 0.470. The van der Waals surface area contributed by atoms with Gasteiger partial charge in [0.15, 0.2) is 6.29 Å². The first-order valence-corrected chi connectivity index (χ1v) is 35.8. The first kappa shape index (κ1) is 74.7. The molecule has 13 heteroatoms. The van der Waals surface area contributed by atoms with Crippen molar-refractivity contribution < 1.29 is 52.2 Å². The van der Waals surface area contributed by atoms with Gasteiger partial charge >= 0.3 is 0 Å². The average Bonchev–Trinajstić information content (AvgIpc) is 0.796. The monoisotopic (exact) mass is 1310 g/mol. The second kappa shape index (κ2) is 45.5. The number of carbonyl (C=O) groups is 2. The zero-order valence-electron chi connectivity index (χ0n) is 57.2. The topological polar surface area (TPSA) is 141 Å². The van der Waals surface area contributed by atoms with Crippen LogP contribution < -0.4 is 15.4 Å². The zero-order valence-corrected chi connectivity index (χ0v) is 57.2. The molecule has 1 heterocycles. The smallest absolute Gasteiger partial charge is 0.251 e. The highest BCUT2D eigenvalue weighted by molar-refractivity contribution is 5.94. The number of hydrogen-bond acceptors (Lipinski definition) is 11. The number of benzene rings is 7. The predicted molar refractivity (Wildman–Crippen MR) is 381 cm³/mol. The van der Waals surface area contributed by atoms with Gasteiger partial charge in [0.2, 0.25) is 5.91 Å². The van der Waals surface area contributed by atoms with E-state index in [1.165, 1.54) is 57.8 Å². The van der Waals surface area contributed by atoms with E-state index in [0.717, 1.165) is 84.7 Å². The van der Waals surface area contributed by atoms with Gasteiger partial charge in [-0.2, -0.15) is 0 Å². The molecule has 0 spiro atoms. The Morgan fingerprint density at radius 1 is 0.438 bits per heavy atom. The van der Waals surface area contributed by atoms with E-state index < -0.39 is 49.0 Å². The minimum atomic E-state index is -1.04. The van der Waals surface area contributed by atoms with Crippen molar-refractivity contribution in [2.75, 3.05) is 26.9 Å². The standard InChI is InChI=1S/C83H108N2O11/c1-3-4-5-6-7-8-9-10-11-12-15-36-51-75(90-59-67-41-26-19-27-42-67)78(91-60-68-43-28-20-29-44-68)74(85-77(86)52-37-16-13-14-17-38-57-84-82(87)72-53-55-73(88-2)56-54-72)64-95-83-81(94-63-71-49-34-23-35-50-71)80(93-62-70-47-32-22-33-48-70)79(92-61-69-45-30-21-31-46-69)76(96-83)65-89-58-66-39-24-18-25-40-66/h18-35,39-50,53-56,74-76,78-81,83H,3-17,36-38,51-52,57-65H2,1-2H3,(H,84,87)(H,85,86)/t74-,75+,76+,78-,79-,80-,81+,83-/m0/s1. The van der Waals surface area contributed by atoms with Crippen LogP contribution in [-0.4, -0.2) is 87.6 Å². The summed E-state index contributed by atoms with van der Waals surface area (Å²) < 4.78 is 62.1. The summed E-state index contributed by atoms with van der Waals surface area (Å²) in [4.78, 5) is 27.6. The molecule has 8 atom stereocenters. The highest BCUT2D eigenvalue weighted by Gasteiger charge is 2.50. The largest absolute Gasteiger partial charge is 0.497 e. The molecule has 0 saturated carbocycles. The van der Waals surface area contributed by atoms with Crippen molar-refractivity contribution >= 4 is 11.8 Å². The van der Waals surface area contributed by atoms with E-state index in [9.17, 15) is 9.59 Å². The van der Waals surface area contributed by atoms with Gasteiger partial charge in [-0.1, -0.05) is 292 Å². The van der Waals surface area contributed by atoms with Crippen molar-refractivity contribution in [2.24, 2.45) is 0 Å². The Morgan fingerprint density at radius 2 is 0.865 bits per heavy atom. The summed E-state index contributed by atoms with van der Waals surface area (Å²) in [6.45, 7) is 4.80. The Hall–Kier alpha value is -7.04. The second-order valence-electron chi connectivity index (χ2n) is 25.5. The van der Waals surface area contributed by atoms with Crippen LogP contribution in [0.15, 0.2) is 206 Å². The summed E-state index contributed by atoms with van der Waals surface area (Å²) in [5, 5.41) is 6.56. The lowest BCUT2D eigenvalue weighted by Gasteiger charge is -2.46. The quantitative estimate of drug-likeness (QED) is 0.0352. The molecule has 1 saturated heterocycles. The van der Waals surface area contributed by atoms with Gasteiger partial charge < -0.3 is 53.3 Å². The molecular weight excluding hydrogens is 1200 g/mol. The lowest BCUT2D eigenvalue weighted by Crippen LogP contribution is -2.62. The Balaban J connectivity index is 1.06. The SMILES string of the molecule is CCCCCCCCCCCCCC[C@@H](OCc1ccccc1)[C@@H](OCc1ccccc1)[C@H](CO[C@H]1O[C@H](COCc2ccccc2)[C@H](OCc2ccccc2)[C@H](OCc2ccccc2)[C@H]1OCc1ccccc1)NC(=O)CCCCCCCCNC(=O)c1ccc(OC)cc1. The van der Waals surface area contributed by atoms with Crippen LogP contribution in [0, 0.1) is 0 Å². The minimum absolute atomic E-state index is 0.0156. The number of rotatable bonds is 49. The molecule has 2 N–H and O–H groups in total. The van der Waals surface area contributed by atoms with Crippen molar-refractivity contribution in [1.82, 2.24) is 10.6 Å². The average molecular weight is 1310 g/mol. The third kappa shape index (κ3) is 28.2. The third-order valence-corrected chi connectivity index (χ3v) is 17.8. The van der Waals surface area contributed by atoms with Crippen LogP contribution in [0.2, 0.25) is 0 Å². The minimum Gasteiger partial charge on any atom is -0.497 e. The number of hydrogen-bond donors (Lipinski definition) is 2. The molecule has 1 aliphatic heterocycles. The van der Waals surface area contributed by atoms with Gasteiger partial charge in [0.1, 0.15) is 36.3 Å². The maximum atomic E-state index is 14.8. The molecule has 0 bridgehead atoms. The number of nitrogens with one attached hydrogen (secondary N) is 2. The summed E-state index contributed by atoms with van der Waals surface area (Å²) in [5.41, 5.74) is 6.65. The number of unbranched alkanes of at least 4 members (excludes halogenated alkanes) is 16. The van der Waals surface area contributed by atoms with Gasteiger partial charge in [0.05, 0.1) is 72.1 Å². The van der Waals surface area contributed by atoms with Crippen molar-refractivity contribution in [1.29, 1.82) is 0 Å². The fourth-order valence-corrected chi connectivity index (χ4v) is 12.3. The van der Waals surface area contributed by atoms with E-state index >= 15 is 0 Å². The molecule has 96 heavy (non-hydrogen) atoms. The maximum absolute atomic E-state index is 14.8. The molecule has 516 valence electrons. The van der Waals surface area contributed by atoms with Crippen molar-refractivity contribution in [3.63, 3.8) is 0 Å². The lowest BCUT2D eigenvalue weighted by atomic mass is 9.97. The van der Waals surface area contributed by atoms with Crippen LogP contribution >= 0.6 is 0 Å². The molecule has 1 aliphatic rings. The van der Waals surface area contributed by atoms with Crippen molar-refractivity contribution in [3.05, 3.63) is 245 Å². The Kier molecular flexibility index (Phi) is 35.4. The highest BCUT2D eigenvalue weighted by Crippen LogP contribution is 2.33. The van der Waals surface area contributed by atoms with E-state index in [0.29, 0.717) is 50.3 Å². The van der Waals surface area contributed by atoms with Crippen LogP contribution in [0.5, 0.6) is 5.75 Å². The van der Waals surface area contributed by atoms with E-state index in [2.05, 4.69) is 66.1 Å². The molecule has 0 aliphatic carbocycles. The maximum Gasteiger partial charge on any atom is 0.251 e. The van der Waals surface area contributed by atoms with Gasteiger partial charge in [-0.05, 0) is 76.9 Å². The van der Waals surface area contributed by atoms with Crippen molar-refractivity contribution in [3.8, 4) is 5.75 Å². The van der Waals surface area contributed by atoms with Gasteiger partial charge in [0.25, 0.3) is 5.91 Å². The number of ether oxygens (including phenoxy) is 9. The van der Waals surface area contributed by atoms with Crippen LogP contribution in [0.3, 0.4) is 0 Å². The molecule has 7 aromatic rings. The van der Waals surface area contributed by atoms with Crippen LogP contribution in [0.25, 0.3) is 0 Å². The molecular formula is C83H108N2O11. The lowest BCUT2D eigenvalue weighted by molar-refractivity contribution is -0.330. The first-order chi connectivity index (χ1) is 47.4. The highest BCUT2D eigenvalue weighted by atomic mass is 16.7. The predicted octanol–water partition coefficient (Wildman–Crippen LogP) is 17.6. The molecule has 0 radical (unpaired) electrons. The van der Waals surface area contributed by atoms with Gasteiger partial charge in [0, 0.05) is 18.5 Å². The summed E-state index contributed by atoms with van der Waals surface area (Å²) >= 11 is 0. The molecule has 7 aromatic carbocycles. The Morgan fingerprint density at radius 3 is 1.36 bits per heavy atom. The third-order valence-electron chi connectivity index (χ3n) is 17.8. The molecule has 8 rings (SSSR count). The Bertz CT molecular complexity index is 3090. The van der Waals surface area contributed by atoms with Gasteiger partial charge in [-0.15, -0.1) is 0 Å². The molecule has 1 fully saturated rings. The second-order valence-corrected chi connectivity index (χ2v) is 25.5. The van der Waals surface area contributed by atoms with E-state index in [1.807, 2.05) is 133 Å². The first-order valence-electron chi connectivity index (χ1n) is 35.8. The van der Waals surface area contributed by atoms with Crippen LogP contribution in [0.1, 0.15) is 179 Å². The number of amides is 2. The van der Waals surface area contributed by atoms with Crippen LogP contribution in [0.4, 0.5) is 0 Å². The van der Waals surface area contributed by atoms with E-state index in [4.69, 9.17) is 42.6 Å². The number of methoxy groups -OCH3 is 1. The van der Waals surface area contributed by atoms with E-state index in [1.54, 1.807) is 31.4 Å². The Labute approximate surface area is 573 Å².